The predicted octanol–water partition coefficient (Wildman–Crippen LogP) is 6.43. The molecule has 0 bridgehead atoms. The summed E-state index contributed by atoms with van der Waals surface area (Å²) in [5.74, 6) is -1.41. The number of fused-ring (bicyclic) bond motifs is 1. The second kappa shape index (κ2) is 12.0. The summed E-state index contributed by atoms with van der Waals surface area (Å²) in [4.78, 5) is 28.8. The van der Waals surface area contributed by atoms with Crippen LogP contribution in [0.3, 0.4) is 0 Å². The second-order valence-corrected chi connectivity index (χ2v) is 10.6. The van der Waals surface area contributed by atoms with E-state index in [2.05, 4.69) is 58.8 Å². The van der Waals surface area contributed by atoms with Crippen molar-refractivity contribution in [2.45, 2.75) is 52.0 Å². The zero-order valence-corrected chi connectivity index (χ0v) is 21.6. The standard InChI is InChI=1S/C30H32N2O3S/c1-20(30(34)35)17-26(18-23-11-14-25(15-12-23)24-8-4-3-5-9-24)32-29(33)10-6-7-22-13-16-27-28(19-22)36-21(2)31-27/h3-5,8-9,11-16,19-20,26H,6-7,10,17-18H2,1-2H3,(H,32,33)(H,34,35)/t20-,26+/m1/s1. The van der Waals surface area contributed by atoms with Crippen molar-refractivity contribution in [3.63, 3.8) is 0 Å². The van der Waals surface area contributed by atoms with Gasteiger partial charge in [-0.3, -0.25) is 9.59 Å². The number of carbonyl (C=O) groups is 2. The number of carboxylic acid groups (broad SMARTS) is 1. The van der Waals surface area contributed by atoms with E-state index in [1.807, 2.05) is 31.2 Å². The van der Waals surface area contributed by atoms with E-state index in [1.54, 1.807) is 18.3 Å². The fourth-order valence-corrected chi connectivity index (χ4v) is 5.35. The summed E-state index contributed by atoms with van der Waals surface area (Å²) < 4.78 is 1.18. The van der Waals surface area contributed by atoms with Gasteiger partial charge in [0.25, 0.3) is 0 Å². The van der Waals surface area contributed by atoms with E-state index in [0.717, 1.165) is 40.1 Å². The zero-order chi connectivity index (χ0) is 25.5. The van der Waals surface area contributed by atoms with E-state index in [4.69, 9.17) is 0 Å². The first-order valence-electron chi connectivity index (χ1n) is 12.4. The van der Waals surface area contributed by atoms with Gasteiger partial charge in [-0.05, 0) is 67.0 Å². The van der Waals surface area contributed by atoms with Crippen LogP contribution in [0.2, 0.25) is 0 Å². The summed E-state index contributed by atoms with van der Waals surface area (Å²) in [6.07, 6.45) is 2.95. The quantitative estimate of drug-likeness (QED) is 0.249. The van der Waals surface area contributed by atoms with Crippen molar-refractivity contribution in [3.8, 4) is 11.1 Å². The fraction of sp³-hybridized carbons (Fsp3) is 0.300. The highest BCUT2D eigenvalue weighted by Crippen LogP contribution is 2.24. The molecule has 36 heavy (non-hydrogen) atoms. The van der Waals surface area contributed by atoms with E-state index in [0.29, 0.717) is 19.3 Å². The third-order valence-corrected chi connectivity index (χ3v) is 7.33. The summed E-state index contributed by atoms with van der Waals surface area (Å²) in [7, 11) is 0. The Labute approximate surface area is 216 Å². The highest BCUT2D eigenvalue weighted by Gasteiger charge is 2.20. The van der Waals surface area contributed by atoms with E-state index >= 15 is 0 Å². The molecule has 1 aromatic heterocycles. The molecule has 0 aliphatic carbocycles. The lowest BCUT2D eigenvalue weighted by molar-refractivity contribution is -0.141. The first kappa shape index (κ1) is 25.6. The molecule has 0 saturated heterocycles. The molecule has 1 amide bonds. The van der Waals surface area contributed by atoms with Crippen LogP contribution in [0.25, 0.3) is 21.3 Å². The molecule has 0 aliphatic rings. The number of nitrogens with one attached hydrogen (secondary N) is 1. The van der Waals surface area contributed by atoms with Crippen molar-refractivity contribution in [1.29, 1.82) is 0 Å². The van der Waals surface area contributed by atoms with Crippen LogP contribution in [0, 0.1) is 12.8 Å². The average Bonchev–Trinajstić information content (AvgIpc) is 3.24. The molecule has 0 unspecified atom stereocenters. The van der Waals surface area contributed by atoms with Gasteiger partial charge < -0.3 is 10.4 Å². The number of hydrogen-bond donors (Lipinski definition) is 2. The highest BCUT2D eigenvalue weighted by atomic mass is 32.1. The Balaban J connectivity index is 1.34. The molecule has 3 aromatic carbocycles. The molecule has 186 valence electrons. The van der Waals surface area contributed by atoms with E-state index in [-0.39, 0.29) is 11.9 Å². The van der Waals surface area contributed by atoms with Crippen LogP contribution in [0.4, 0.5) is 0 Å². The SMILES string of the molecule is Cc1nc2ccc(CCCC(=O)N[C@H](Cc3ccc(-c4ccccc4)cc3)C[C@@H](C)C(=O)O)cc2s1. The number of thiazole rings is 1. The number of aromatic nitrogens is 1. The van der Waals surface area contributed by atoms with Crippen LogP contribution in [-0.4, -0.2) is 28.0 Å². The van der Waals surface area contributed by atoms with Gasteiger partial charge in [-0.2, -0.15) is 0 Å². The molecule has 0 radical (unpaired) electrons. The van der Waals surface area contributed by atoms with Crippen molar-refractivity contribution in [2.24, 2.45) is 5.92 Å². The van der Waals surface area contributed by atoms with Crippen molar-refractivity contribution < 1.29 is 14.7 Å². The number of nitrogens with zero attached hydrogens (tertiary/aromatic N) is 1. The smallest absolute Gasteiger partial charge is 0.306 e. The molecule has 0 spiro atoms. The Morgan fingerprint density at radius 3 is 2.39 bits per heavy atom. The Morgan fingerprint density at radius 2 is 1.67 bits per heavy atom. The zero-order valence-electron chi connectivity index (χ0n) is 20.7. The van der Waals surface area contributed by atoms with Crippen molar-refractivity contribution in [2.75, 3.05) is 0 Å². The minimum absolute atomic E-state index is 0.0341. The first-order chi connectivity index (χ1) is 17.4. The summed E-state index contributed by atoms with van der Waals surface area (Å²) in [5, 5.41) is 13.6. The lowest BCUT2D eigenvalue weighted by Crippen LogP contribution is -2.38. The van der Waals surface area contributed by atoms with Gasteiger partial charge in [0.1, 0.15) is 0 Å². The topological polar surface area (TPSA) is 79.3 Å². The lowest BCUT2D eigenvalue weighted by Gasteiger charge is -2.21. The summed E-state index contributed by atoms with van der Waals surface area (Å²) >= 11 is 1.68. The monoisotopic (exact) mass is 500 g/mol. The van der Waals surface area contributed by atoms with Gasteiger partial charge in [0.15, 0.2) is 0 Å². The second-order valence-electron chi connectivity index (χ2n) is 9.40. The Kier molecular flexibility index (Phi) is 8.49. The molecular formula is C30H32N2O3S. The Bertz CT molecular complexity index is 1320. The number of aliphatic carboxylic acids is 1. The summed E-state index contributed by atoms with van der Waals surface area (Å²) in [6.45, 7) is 3.70. The van der Waals surface area contributed by atoms with E-state index in [1.165, 1.54) is 10.3 Å². The van der Waals surface area contributed by atoms with Gasteiger partial charge in [-0.25, -0.2) is 4.98 Å². The van der Waals surface area contributed by atoms with Gasteiger partial charge in [-0.15, -0.1) is 11.3 Å². The minimum atomic E-state index is -0.845. The van der Waals surface area contributed by atoms with Crippen LogP contribution in [0.1, 0.15) is 42.3 Å². The maximum Gasteiger partial charge on any atom is 0.306 e. The number of benzene rings is 3. The van der Waals surface area contributed by atoms with Crippen LogP contribution in [-0.2, 0) is 22.4 Å². The largest absolute Gasteiger partial charge is 0.481 e. The molecule has 0 saturated carbocycles. The molecule has 2 atom stereocenters. The number of carbonyl (C=O) groups excluding carboxylic acids is 1. The molecular weight excluding hydrogens is 468 g/mol. The van der Waals surface area contributed by atoms with Crippen LogP contribution >= 0.6 is 11.3 Å². The summed E-state index contributed by atoms with van der Waals surface area (Å²) in [6, 6.07) is 24.5. The number of amides is 1. The van der Waals surface area contributed by atoms with Gasteiger partial charge in [-0.1, -0.05) is 67.6 Å². The maximum atomic E-state index is 12.8. The summed E-state index contributed by atoms with van der Waals surface area (Å²) in [5.41, 5.74) is 5.58. The third kappa shape index (κ3) is 7.01. The lowest BCUT2D eigenvalue weighted by atomic mass is 9.94. The normalized spacial score (nSPS) is 12.8. The van der Waals surface area contributed by atoms with Gasteiger partial charge in [0.2, 0.25) is 5.91 Å². The third-order valence-electron chi connectivity index (χ3n) is 6.40. The molecule has 4 aromatic rings. The van der Waals surface area contributed by atoms with Crippen molar-refractivity contribution in [3.05, 3.63) is 88.9 Å². The molecule has 6 heteroatoms. The molecule has 0 aliphatic heterocycles. The Morgan fingerprint density at radius 1 is 0.972 bits per heavy atom. The first-order valence-corrected chi connectivity index (χ1v) is 13.2. The number of rotatable bonds is 11. The predicted molar refractivity (Wildman–Crippen MR) is 146 cm³/mol. The fourth-order valence-electron chi connectivity index (χ4n) is 4.46. The van der Waals surface area contributed by atoms with E-state index in [9.17, 15) is 14.7 Å². The molecule has 2 N–H and O–H groups in total. The number of hydrogen-bond acceptors (Lipinski definition) is 4. The van der Waals surface area contributed by atoms with Crippen molar-refractivity contribution in [1.82, 2.24) is 10.3 Å². The van der Waals surface area contributed by atoms with Gasteiger partial charge in [0.05, 0.1) is 21.1 Å². The highest BCUT2D eigenvalue weighted by molar-refractivity contribution is 7.18. The van der Waals surface area contributed by atoms with Crippen LogP contribution in [0.15, 0.2) is 72.8 Å². The minimum Gasteiger partial charge on any atom is -0.481 e. The Hall–Kier alpha value is -3.51. The number of carboxylic acids is 1. The van der Waals surface area contributed by atoms with E-state index < -0.39 is 11.9 Å². The van der Waals surface area contributed by atoms with Gasteiger partial charge >= 0.3 is 5.97 Å². The molecule has 4 rings (SSSR count). The molecule has 5 nitrogen and oxygen atoms in total. The van der Waals surface area contributed by atoms with Crippen molar-refractivity contribution >= 4 is 33.4 Å². The van der Waals surface area contributed by atoms with Crippen LogP contribution < -0.4 is 5.32 Å². The molecule has 1 heterocycles. The average molecular weight is 501 g/mol. The van der Waals surface area contributed by atoms with Gasteiger partial charge in [0, 0.05) is 12.5 Å². The van der Waals surface area contributed by atoms with Crippen LogP contribution in [0.5, 0.6) is 0 Å². The molecule has 0 fully saturated rings. The maximum absolute atomic E-state index is 12.8. The number of aryl methyl sites for hydroxylation is 2.